The maximum atomic E-state index is 2.44. The summed E-state index contributed by atoms with van der Waals surface area (Å²) in [4.78, 5) is 2.44. The Morgan fingerprint density at radius 2 is 0.942 bits per heavy atom. The van der Waals surface area contributed by atoms with Crippen molar-refractivity contribution in [2.24, 2.45) is 0 Å². The predicted octanol–water partition coefficient (Wildman–Crippen LogP) is 14.8. The van der Waals surface area contributed by atoms with Crippen molar-refractivity contribution in [2.45, 2.75) is 0 Å². The van der Waals surface area contributed by atoms with Gasteiger partial charge in [0.25, 0.3) is 0 Å². The van der Waals surface area contributed by atoms with Gasteiger partial charge in [-0.2, -0.15) is 0 Å². The molecular formula is C50H33NS. The highest BCUT2D eigenvalue weighted by Crippen LogP contribution is 2.47. The van der Waals surface area contributed by atoms with Crippen LogP contribution in [-0.4, -0.2) is 0 Å². The molecule has 1 aromatic heterocycles. The molecule has 10 aromatic rings. The lowest BCUT2D eigenvalue weighted by atomic mass is 9.91. The second kappa shape index (κ2) is 12.7. The van der Waals surface area contributed by atoms with E-state index in [1.165, 1.54) is 80.8 Å². The molecule has 10 rings (SSSR count). The van der Waals surface area contributed by atoms with Crippen LogP contribution in [0, 0.1) is 0 Å². The molecule has 244 valence electrons. The fourth-order valence-corrected chi connectivity index (χ4v) is 9.06. The van der Waals surface area contributed by atoms with Crippen LogP contribution in [0.4, 0.5) is 17.1 Å². The minimum atomic E-state index is 1.12. The van der Waals surface area contributed by atoms with Gasteiger partial charge in [0.15, 0.2) is 0 Å². The molecule has 0 amide bonds. The normalized spacial score (nSPS) is 11.5. The predicted molar refractivity (Wildman–Crippen MR) is 225 cm³/mol. The van der Waals surface area contributed by atoms with E-state index in [2.05, 4.69) is 205 Å². The number of nitrogens with zero attached hydrogens (tertiary/aromatic N) is 1. The fraction of sp³-hybridized carbons (Fsp3) is 0. The molecule has 0 fully saturated rings. The highest BCUT2D eigenvalue weighted by Gasteiger charge is 2.20. The molecule has 0 spiro atoms. The summed E-state index contributed by atoms with van der Waals surface area (Å²) in [5.41, 5.74) is 10.7. The van der Waals surface area contributed by atoms with E-state index in [9.17, 15) is 0 Å². The van der Waals surface area contributed by atoms with Crippen LogP contribution in [0.15, 0.2) is 200 Å². The first kappa shape index (κ1) is 30.4. The SMILES string of the molecule is c1ccc(-c2cccc(N(c3ccc(-c4cccc5cccc(-c6ccccc6)c45)cc3)c3cccc4c3sc3ccc5ccccc5c34)c2)cc1. The van der Waals surface area contributed by atoms with E-state index in [-0.39, 0.29) is 0 Å². The smallest absolute Gasteiger partial charge is 0.0640 e. The van der Waals surface area contributed by atoms with Gasteiger partial charge in [0.05, 0.1) is 10.4 Å². The molecular weight excluding hydrogens is 647 g/mol. The largest absolute Gasteiger partial charge is 0.309 e. The molecule has 0 bridgehead atoms. The number of rotatable bonds is 6. The highest BCUT2D eigenvalue weighted by atomic mass is 32.1. The lowest BCUT2D eigenvalue weighted by Gasteiger charge is -2.27. The molecule has 0 aliphatic rings. The molecule has 0 radical (unpaired) electrons. The number of thiophene rings is 1. The minimum Gasteiger partial charge on any atom is -0.309 e. The van der Waals surface area contributed by atoms with Crippen molar-refractivity contribution >= 4 is 70.1 Å². The zero-order valence-electron chi connectivity index (χ0n) is 28.4. The molecule has 52 heavy (non-hydrogen) atoms. The van der Waals surface area contributed by atoms with Gasteiger partial charge in [-0.05, 0) is 91.3 Å². The summed E-state index contributed by atoms with van der Waals surface area (Å²) in [6.45, 7) is 0. The van der Waals surface area contributed by atoms with Crippen LogP contribution in [-0.2, 0) is 0 Å². The Morgan fingerprint density at radius 3 is 1.71 bits per heavy atom. The Morgan fingerprint density at radius 1 is 0.346 bits per heavy atom. The standard InChI is InChI=1S/C50H33NS/c1-3-13-34(14-4-1)39-20-9-21-41(33-39)51(46-26-12-25-45-49-44-22-8-7-17-36(44)29-32-47(49)52-50(45)46)40-30-27-37(28-31-40)43-24-11-19-38-18-10-23-42(48(38)43)35-15-5-2-6-16-35/h1-33H. The number of benzene rings is 9. The summed E-state index contributed by atoms with van der Waals surface area (Å²) in [5.74, 6) is 0. The van der Waals surface area contributed by atoms with Crippen molar-refractivity contribution in [1.82, 2.24) is 0 Å². The van der Waals surface area contributed by atoms with Crippen molar-refractivity contribution in [3.05, 3.63) is 200 Å². The first-order chi connectivity index (χ1) is 25.8. The third kappa shape index (κ3) is 5.16. The average Bonchev–Trinajstić information content (AvgIpc) is 3.62. The van der Waals surface area contributed by atoms with Crippen LogP contribution in [0.1, 0.15) is 0 Å². The molecule has 1 heterocycles. The maximum absolute atomic E-state index is 2.44. The summed E-state index contributed by atoms with van der Waals surface area (Å²) < 4.78 is 2.59. The van der Waals surface area contributed by atoms with E-state index < -0.39 is 0 Å². The number of anilines is 3. The quantitative estimate of drug-likeness (QED) is 0.169. The lowest BCUT2D eigenvalue weighted by molar-refractivity contribution is 1.30. The van der Waals surface area contributed by atoms with Crippen LogP contribution in [0.2, 0.25) is 0 Å². The van der Waals surface area contributed by atoms with Gasteiger partial charge in [0.1, 0.15) is 0 Å². The molecule has 0 atom stereocenters. The van der Waals surface area contributed by atoms with Crippen molar-refractivity contribution in [3.8, 4) is 33.4 Å². The molecule has 0 saturated heterocycles. The molecule has 2 heteroatoms. The summed E-state index contributed by atoms with van der Waals surface area (Å²) in [6.07, 6.45) is 0. The van der Waals surface area contributed by atoms with Crippen molar-refractivity contribution in [3.63, 3.8) is 0 Å². The summed E-state index contributed by atoms with van der Waals surface area (Å²) >= 11 is 1.88. The van der Waals surface area contributed by atoms with Crippen LogP contribution in [0.3, 0.4) is 0 Å². The van der Waals surface area contributed by atoms with Crippen LogP contribution < -0.4 is 4.90 Å². The van der Waals surface area contributed by atoms with Gasteiger partial charge in [-0.1, -0.05) is 164 Å². The van der Waals surface area contributed by atoms with Gasteiger partial charge in [-0.25, -0.2) is 0 Å². The average molecular weight is 680 g/mol. The lowest BCUT2D eigenvalue weighted by Crippen LogP contribution is -2.10. The third-order valence-corrected chi connectivity index (χ3v) is 11.4. The second-order valence-electron chi connectivity index (χ2n) is 13.3. The second-order valence-corrected chi connectivity index (χ2v) is 14.3. The van der Waals surface area contributed by atoms with Crippen LogP contribution in [0.25, 0.3) is 75.1 Å². The molecule has 0 unspecified atom stereocenters. The third-order valence-electron chi connectivity index (χ3n) is 10.2. The molecule has 0 aliphatic heterocycles. The Hall–Kier alpha value is -6.48. The van der Waals surface area contributed by atoms with Gasteiger partial charge in [-0.3, -0.25) is 0 Å². The van der Waals surface area contributed by atoms with Crippen molar-refractivity contribution in [1.29, 1.82) is 0 Å². The molecule has 0 saturated carbocycles. The van der Waals surface area contributed by atoms with Crippen LogP contribution in [0.5, 0.6) is 0 Å². The number of hydrogen-bond acceptors (Lipinski definition) is 2. The van der Waals surface area contributed by atoms with Gasteiger partial charge in [0, 0.05) is 26.8 Å². The van der Waals surface area contributed by atoms with E-state index in [0.717, 1.165) is 11.4 Å². The molecule has 0 N–H and O–H groups in total. The maximum Gasteiger partial charge on any atom is 0.0640 e. The highest BCUT2D eigenvalue weighted by molar-refractivity contribution is 7.26. The van der Waals surface area contributed by atoms with E-state index in [1.807, 2.05) is 11.3 Å². The fourth-order valence-electron chi connectivity index (χ4n) is 7.84. The minimum absolute atomic E-state index is 1.12. The summed E-state index contributed by atoms with van der Waals surface area (Å²) in [6, 6.07) is 72.8. The van der Waals surface area contributed by atoms with Crippen LogP contribution >= 0.6 is 11.3 Å². The van der Waals surface area contributed by atoms with Gasteiger partial charge >= 0.3 is 0 Å². The Kier molecular flexibility index (Phi) is 7.41. The van der Waals surface area contributed by atoms with E-state index >= 15 is 0 Å². The number of fused-ring (bicyclic) bond motifs is 6. The summed E-state index contributed by atoms with van der Waals surface area (Å²) in [7, 11) is 0. The monoisotopic (exact) mass is 679 g/mol. The Balaban J connectivity index is 1.17. The zero-order chi connectivity index (χ0) is 34.4. The summed E-state index contributed by atoms with van der Waals surface area (Å²) in [5, 5.41) is 7.71. The van der Waals surface area contributed by atoms with Gasteiger partial charge in [0.2, 0.25) is 0 Å². The van der Waals surface area contributed by atoms with E-state index in [4.69, 9.17) is 0 Å². The first-order valence-corrected chi connectivity index (χ1v) is 18.6. The van der Waals surface area contributed by atoms with Crippen molar-refractivity contribution < 1.29 is 0 Å². The number of hydrogen-bond donors (Lipinski definition) is 0. The van der Waals surface area contributed by atoms with Crippen molar-refractivity contribution in [2.75, 3.05) is 4.90 Å². The Bertz CT molecular complexity index is 2880. The Labute approximate surface area is 307 Å². The molecule has 1 nitrogen and oxygen atoms in total. The topological polar surface area (TPSA) is 3.24 Å². The van der Waals surface area contributed by atoms with E-state index in [0.29, 0.717) is 0 Å². The van der Waals surface area contributed by atoms with E-state index in [1.54, 1.807) is 0 Å². The molecule has 9 aromatic carbocycles. The molecule has 0 aliphatic carbocycles. The van der Waals surface area contributed by atoms with Gasteiger partial charge < -0.3 is 4.90 Å². The zero-order valence-corrected chi connectivity index (χ0v) is 29.2. The van der Waals surface area contributed by atoms with Gasteiger partial charge in [-0.15, -0.1) is 11.3 Å². The first-order valence-electron chi connectivity index (χ1n) is 17.8.